The number of hydrogen-bond acceptors (Lipinski definition) is 1. The van der Waals surface area contributed by atoms with Crippen LogP contribution < -0.4 is 10.6 Å². The van der Waals surface area contributed by atoms with Crippen molar-refractivity contribution in [3.63, 3.8) is 0 Å². The fraction of sp³-hybridized carbons (Fsp3) is 0.917. The van der Waals surface area contributed by atoms with E-state index in [0.717, 1.165) is 24.6 Å². The molecule has 0 aromatic carbocycles. The number of nitrogens with one attached hydrogen (secondary N) is 2. The van der Waals surface area contributed by atoms with Crippen LogP contribution in [0.1, 0.15) is 52.4 Å². The van der Waals surface area contributed by atoms with E-state index in [9.17, 15) is 0 Å². The van der Waals surface area contributed by atoms with Gasteiger partial charge in [-0.25, -0.2) is 0 Å². The molecule has 0 aromatic heterocycles. The summed E-state index contributed by atoms with van der Waals surface area (Å²) in [7, 11) is 0. The molecule has 88 valence electrons. The van der Waals surface area contributed by atoms with Crippen LogP contribution in [0.15, 0.2) is 0 Å². The lowest BCUT2D eigenvalue weighted by Gasteiger charge is -2.28. The van der Waals surface area contributed by atoms with Gasteiger partial charge in [0, 0.05) is 13.1 Å². The van der Waals surface area contributed by atoms with Crippen LogP contribution in [0.5, 0.6) is 0 Å². The number of thiocarbonyl (C=S) groups is 1. The number of hydrogen-bond donors (Lipinski definition) is 2. The van der Waals surface area contributed by atoms with E-state index in [-0.39, 0.29) is 0 Å². The molecule has 0 spiro atoms. The van der Waals surface area contributed by atoms with Crippen LogP contribution in [0.2, 0.25) is 0 Å². The van der Waals surface area contributed by atoms with Crippen molar-refractivity contribution in [1.29, 1.82) is 0 Å². The molecular formula is C12H24N2S. The highest BCUT2D eigenvalue weighted by atomic mass is 32.1. The standard InChI is InChI=1S/C12H24N2S/c1-3-9-13-11(15)14-10-12(4-2)7-5-6-8-12/h3-10H2,1-2H3,(H2,13,14,15). The second kappa shape index (κ2) is 6.31. The van der Waals surface area contributed by atoms with E-state index < -0.39 is 0 Å². The normalized spacial score (nSPS) is 18.8. The van der Waals surface area contributed by atoms with Crippen LogP contribution in [-0.2, 0) is 0 Å². The lowest BCUT2D eigenvalue weighted by Crippen LogP contribution is -2.41. The van der Waals surface area contributed by atoms with Crippen molar-refractivity contribution in [2.45, 2.75) is 52.4 Å². The SMILES string of the molecule is CCCNC(=S)NCC1(CC)CCCC1. The predicted molar refractivity (Wildman–Crippen MR) is 70.1 cm³/mol. The monoisotopic (exact) mass is 228 g/mol. The second-order valence-electron chi connectivity index (χ2n) is 4.67. The Balaban J connectivity index is 2.25. The Morgan fingerprint density at radius 1 is 1.20 bits per heavy atom. The van der Waals surface area contributed by atoms with Crippen molar-refractivity contribution in [3.8, 4) is 0 Å². The third-order valence-corrected chi connectivity index (χ3v) is 3.86. The fourth-order valence-electron chi connectivity index (χ4n) is 2.35. The van der Waals surface area contributed by atoms with Gasteiger partial charge in [0.1, 0.15) is 0 Å². The first-order valence-corrected chi connectivity index (χ1v) is 6.65. The Morgan fingerprint density at radius 3 is 2.40 bits per heavy atom. The second-order valence-corrected chi connectivity index (χ2v) is 5.08. The van der Waals surface area contributed by atoms with E-state index in [2.05, 4.69) is 24.5 Å². The van der Waals surface area contributed by atoms with Gasteiger partial charge in [0.15, 0.2) is 5.11 Å². The molecule has 0 bridgehead atoms. The zero-order valence-electron chi connectivity index (χ0n) is 10.1. The summed E-state index contributed by atoms with van der Waals surface area (Å²) in [6.45, 7) is 6.49. The molecule has 0 saturated heterocycles. The summed E-state index contributed by atoms with van der Waals surface area (Å²) in [4.78, 5) is 0. The highest BCUT2D eigenvalue weighted by Gasteiger charge is 2.31. The summed E-state index contributed by atoms with van der Waals surface area (Å²) in [5, 5.41) is 7.42. The molecule has 0 atom stereocenters. The summed E-state index contributed by atoms with van der Waals surface area (Å²) >= 11 is 5.23. The van der Waals surface area contributed by atoms with Crippen LogP contribution in [0, 0.1) is 5.41 Å². The molecule has 0 radical (unpaired) electrons. The zero-order chi connectivity index (χ0) is 11.1. The van der Waals surface area contributed by atoms with Crippen molar-refractivity contribution in [2.75, 3.05) is 13.1 Å². The van der Waals surface area contributed by atoms with E-state index in [0.29, 0.717) is 5.41 Å². The smallest absolute Gasteiger partial charge is 0.166 e. The maximum Gasteiger partial charge on any atom is 0.166 e. The van der Waals surface area contributed by atoms with Crippen LogP contribution in [0.3, 0.4) is 0 Å². The molecule has 0 heterocycles. The highest BCUT2D eigenvalue weighted by molar-refractivity contribution is 7.80. The lowest BCUT2D eigenvalue weighted by molar-refractivity contribution is 0.284. The van der Waals surface area contributed by atoms with Gasteiger partial charge in [-0.2, -0.15) is 0 Å². The minimum Gasteiger partial charge on any atom is -0.363 e. The topological polar surface area (TPSA) is 24.1 Å². The maximum atomic E-state index is 5.23. The fourth-order valence-corrected chi connectivity index (χ4v) is 2.52. The van der Waals surface area contributed by atoms with Gasteiger partial charge in [0.05, 0.1) is 0 Å². The molecule has 1 rings (SSSR count). The average Bonchev–Trinajstić information content (AvgIpc) is 2.73. The van der Waals surface area contributed by atoms with E-state index in [1.807, 2.05) is 0 Å². The molecular weight excluding hydrogens is 204 g/mol. The Morgan fingerprint density at radius 2 is 1.87 bits per heavy atom. The Labute approximate surface area is 99.2 Å². The minimum atomic E-state index is 0.526. The lowest BCUT2D eigenvalue weighted by atomic mass is 9.83. The Kier molecular flexibility index (Phi) is 5.37. The van der Waals surface area contributed by atoms with Gasteiger partial charge in [-0.1, -0.05) is 26.7 Å². The molecule has 3 heteroatoms. The van der Waals surface area contributed by atoms with Gasteiger partial charge in [0.2, 0.25) is 0 Å². The molecule has 1 aliphatic carbocycles. The quantitative estimate of drug-likeness (QED) is 0.708. The molecule has 1 fully saturated rings. The Hall–Kier alpha value is -0.310. The van der Waals surface area contributed by atoms with Gasteiger partial charge < -0.3 is 10.6 Å². The van der Waals surface area contributed by atoms with Crippen LogP contribution >= 0.6 is 12.2 Å². The molecule has 15 heavy (non-hydrogen) atoms. The molecule has 1 aliphatic rings. The van der Waals surface area contributed by atoms with E-state index >= 15 is 0 Å². The first-order chi connectivity index (χ1) is 7.22. The van der Waals surface area contributed by atoms with Gasteiger partial charge in [0.25, 0.3) is 0 Å². The summed E-state index contributed by atoms with van der Waals surface area (Å²) in [6.07, 6.45) is 7.92. The van der Waals surface area contributed by atoms with Crippen molar-refractivity contribution >= 4 is 17.3 Å². The van der Waals surface area contributed by atoms with Gasteiger partial charge in [-0.3, -0.25) is 0 Å². The van der Waals surface area contributed by atoms with Gasteiger partial charge in [-0.05, 0) is 43.3 Å². The predicted octanol–water partition coefficient (Wildman–Crippen LogP) is 2.83. The summed E-state index contributed by atoms with van der Waals surface area (Å²) < 4.78 is 0. The van der Waals surface area contributed by atoms with Crippen molar-refractivity contribution in [1.82, 2.24) is 10.6 Å². The third-order valence-electron chi connectivity index (χ3n) is 3.57. The highest BCUT2D eigenvalue weighted by Crippen LogP contribution is 2.40. The van der Waals surface area contributed by atoms with Crippen molar-refractivity contribution < 1.29 is 0 Å². The molecule has 0 aromatic rings. The first-order valence-electron chi connectivity index (χ1n) is 6.24. The zero-order valence-corrected chi connectivity index (χ0v) is 10.9. The van der Waals surface area contributed by atoms with Gasteiger partial charge >= 0.3 is 0 Å². The van der Waals surface area contributed by atoms with E-state index in [1.54, 1.807) is 0 Å². The Bertz CT molecular complexity index is 198. The summed E-state index contributed by atoms with van der Waals surface area (Å²) in [6, 6.07) is 0. The number of rotatable bonds is 5. The van der Waals surface area contributed by atoms with E-state index in [1.165, 1.54) is 32.1 Å². The van der Waals surface area contributed by atoms with Crippen LogP contribution in [-0.4, -0.2) is 18.2 Å². The summed E-state index contributed by atoms with van der Waals surface area (Å²) in [5.41, 5.74) is 0.526. The third kappa shape index (κ3) is 3.98. The summed E-state index contributed by atoms with van der Waals surface area (Å²) in [5.74, 6) is 0. The molecule has 0 amide bonds. The van der Waals surface area contributed by atoms with Crippen LogP contribution in [0.4, 0.5) is 0 Å². The molecule has 0 aliphatic heterocycles. The largest absolute Gasteiger partial charge is 0.363 e. The van der Waals surface area contributed by atoms with Gasteiger partial charge in [-0.15, -0.1) is 0 Å². The molecule has 2 N–H and O–H groups in total. The van der Waals surface area contributed by atoms with Crippen LogP contribution in [0.25, 0.3) is 0 Å². The van der Waals surface area contributed by atoms with E-state index in [4.69, 9.17) is 12.2 Å². The maximum absolute atomic E-state index is 5.23. The van der Waals surface area contributed by atoms with Crippen molar-refractivity contribution in [2.24, 2.45) is 5.41 Å². The first kappa shape index (κ1) is 12.8. The molecule has 2 nitrogen and oxygen atoms in total. The molecule has 1 saturated carbocycles. The van der Waals surface area contributed by atoms with Crippen molar-refractivity contribution in [3.05, 3.63) is 0 Å². The molecule has 0 unspecified atom stereocenters. The average molecular weight is 228 g/mol. The minimum absolute atomic E-state index is 0.526.